The first-order valence-electron chi connectivity index (χ1n) is 6.93. The van der Waals surface area contributed by atoms with Crippen LogP contribution in [0.4, 0.5) is 0 Å². The van der Waals surface area contributed by atoms with Gasteiger partial charge in [0.05, 0.1) is 0 Å². The van der Waals surface area contributed by atoms with Crippen LogP contribution in [0.5, 0.6) is 0 Å². The second-order valence-electron chi connectivity index (χ2n) is 5.07. The zero-order chi connectivity index (χ0) is 13.0. The maximum Gasteiger partial charge on any atom is 0.277 e. The smallest absolute Gasteiger partial charge is 0.277 e. The van der Waals surface area contributed by atoms with Crippen LogP contribution in [0.3, 0.4) is 0 Å². The monoisotopic (exact) mass is 247 g/mol. The Hall–Kier alpha value is -1.35. The Morgan fingerprint density at radius 2 is 2.28 bits per heavy atom. The van der Waals surface area contributed by atoms with Crippen molar-refractivity contribution in [3.05, 3.63) is 35.4 Å². The molecule has 1 aromatic rings. The molecule has 2 atom stereocenters. The summed E-state index contributed by atoms with van der Waals surface area (Å²) in [6.45, 7) is 4.65. The number of nitrogens with one attached hydrogen (secondary N) is 1. The lowest BCUT2D eigenvalue weighted by Gasteiger charge is -2.25. The number of hydrogen-bond donors (Lipinski definition) is 2. The van der Waals surface area contributed by atoms with E-state index in [1.807, 2.05) is 13.8 Å². The van der Waals surface area contributed by atoms with E-state index in [2.05, 4.69) is 34.9 Å². The lowest BCUT2D eigenvalue weighted by molar-refractivity contribution is -0.714. The topological polar surface area (TPSA) is 45.7 Å². The molecule has 0 unspecified atom stereocenters. The standard InChI is InChI=1S/C15H22N2O/c1-3-16-15(18)11(2)17-14-10-6-8-12-7-4-5-9-13(12)14/h4-5,7,9,11,14,17H,3,6,8,10H2,1-2H3,(H,16,18)/p+1/t11-,14+/m1/s1. The lowest BCUT2D eigenvalue weighted by Crippen LogP contribution is -2.92. The van der Waals surface area contributed by atoms with Gasteiger partial charge in [-0.05, 0) is 32.3 Å². The number of aryl methyl sites for hydroxylation is 1. The molecule has 0 saturated carbocycles. The third-order valence-electron chi connectivity index (χ3n) is 3.70. The Morgan fingerprint density at radius 3 is 3.06 bits per heavy atom. The van der Waals surface area contributed by atoms with Crippen molar-refractivity contribution in [2.45, 2.75) is 45.2 Å². The molecule has 1 aliphatic carbocycles. The highest BCUT2D eigenvalue weighted by molar-refractivity contribution is 5.79. The number of carbonyl (C=O) groups is 1. The van der Waals surface area contributed by atoms with Crippen molar-refractivity contribution in [2.75, 3.05) is 6.54 Å². The molecule has 1 aliphatic rings. The Morgan fingerprint density at radius 1 is 1.50 bits per heavy atom. The molecule has 0 radical (unpaired) electrons. The van der Waals surface area contributed by atoms with Crippen LogP contribution >= 0.6 is 0 Å². The number of benzene rings is 1. The van der Waals surface area contributed by atoms with E-state index in [4.69, 9.17) is 0 Å². The summed E-state index contributed by atoms with van der Waals surface area (Å²) < 4.78 is 0. The Bertz CT molecular complexity index is 417. The van der Waals surface area contributed by atoms with E-state index in [1.54, 1.807) is 0 Å². The van der Waals surface area contributed by atoms with Crippen molar-refractivity contribution >= 4 is 5.91 Å². The number of hydrogen-bond acceptors (Lipinski definition) is 1. The summed E-state index contributed by atoms with van der Waals surface area (Å²) in [6, 6.07) is 9.05. The molecule has 18 heavy (non-hydrogen) atoms. The SMILES string of the molecule is CCNC(=O)[C@@H](C)[NH2+][C@H]1CCCc2ccccc21. The molecule has 0 aliphatic heterocycles. The molecule has 3 nitrogen and oxygen atoms in total. The zero-order valence-corrected chi connectivity index (χ0v) is 11.3. The lowest BCUT2D eigenvalue weighted by atomic mass is 9.87. The van der Waals surface area contributed by atoms with Crippen LogP contribution in [0.2, 0.25) is 0 Å². The minimum atomic E-state index is -0.0129. The van der Waals surface area contributed by atoms with Crippen LogP contribution in [-0.2, 0) is 11.2 Å². The number of carbonyl (C=O) groups excluding carboxylic acids is 1. The fraction of sp³-hybridized carbons (Fsp3) is 0.533. The van der Waals surface area contributed by atoms with Crippen LogP contribution < -0.4 is 10.6 Å². The predicted molar refractivity (Wildman–Crippen MR) is 72.2 cm³/mol. The van der Waals surface area contributed by atoms with Crippen LogP contribution in [0.15, 0.2) is 24.3 Å². The summed E-state index contributed by atoms with van der Waals surface area (Å²) in [7, 11) is 0. The van der Waals surface area contributed by atoms with Crippen molar-refractivity contribution < 1.29 is 10.1 Å². The number of nitrogens with two attached hydrogens (primary N) is 1. The van der Waals surface area contributed by atoms with Gasteiger partial charge < -0.3 is 10.6 Å². The zero-order valence-electron chi connectivity index (χ0n) is 11.3. The molecule has 1 aromatic carbocycles. The van der Waals surface area contributed by atoms with Crippen LogP contribution in [0, 0.1) is 0 Å². The fourth-order valence-electron chi connectivity index (χ4n) is 2.76. The number of fused-ring (bicyclic) bond motifs is 1. The molecule has 1 amide bonds. The summed E-state index contributed by atoms with van der Waals surface area (Å²) in [5.41, 5.74) is 2.87. The highest BCUT2D eigenvalue weighted by Crippen LogP contribution is 2.26. The summed E-state index contributed by atoms with van der Waals surface area (Å²) in [4.78, 5) is 11.8. The molecule has 0 fully saturated rings. The van der Waals surface area contributed by atoms with Crippen molar-refractivity contribution in [3.8, 4) is 0 Å². The minimum Gasteiger partial charge on any atom is -0.351 e. The molecular weight excluding hydrogens is 224 g/mol. The van der Waals surface area contributed by atoms with Crippen LogP contribution in [0.25, 0.3) is 0 Å². The minimum absolute atomic E-state index is 0.0129. The quantitative estimate of drug-likeness (QED) is 0.824. The molecule has 98 valence electrons. The van der Waals surface area contributed by atoms with Gasteiger partial charge in [-0.2, -0.15) is 0 Å². The third kappa shape index (κ3) is 2.91. The molecule has 3 N–H and O–H groups in total. The average Bonchev–Trinajstić information content (AvgIpc) is 2.39. The maximum absolute atomic E-state index is 11.8. The van der Waals surface area contributed by atoms with Gasteiger partial charge in [-0.3, -0.25) is 4.79 Å². The number of likely N-dealkylation sites (N-methyl/N-ethyl adjacent to an activating group) is 1. The molecular formula is C15H23N2O+. The summed E-state index contributed by atoms with van der Waals surface area (Å²) >= 11 is 0. The van der Waals surface area contributed by atoms with E-state index in [0.717, 1.165) is 0 Å². The average molecular weight is 247 g/mol. The fourth-order valence-corrected chi connectivity index (χ4v) is 2.76. The van der Waals surface area contributed by atoms with Gasteiger partial charge in [-0.25, -0.2) is 0 Å². The highest BCUT2D eigenvalue weighted by atomic mass is 16.2. The van der Waals surface area contributed by atoms with Gasteiger partial charge in [0.1, 0.15) is 6.04 Å². The van der Waals surface area contributed by atoms with Gasteiger partial charge in [0.15, 0.2) is 6.04 Å². The summed E-state index contributed by atoms with van der Waals surface area (Å²) in [5, 5.41) is 5.10. The van der Waals surface area contributed by atoms with Crippen LogP contribution in [0.1, 0.15) is 43.9 Å². The Labute approximate surface area is 109 Å². The van der Waals surface area contributed by atoms with Gasteiger partial charge in [-0.15, -0.1) is 0 Å². The molecule has 0 saturated heterocycles. The van der Waals surface area contributed by atoms with E-state index in [9.17, 15) is 4.79 Å². The van der Waals surface area contributed by atoms with Crippen molar-refractivity contribution in [1.29, 1.82) is 0 Å². The largest absolute Gasteiger partial charge is 0.351 e. The second-order valence-corrected chi connectivity index (χ2v) is 5.07. The van der Waals surface area contributed by atoms with Gasteiger partial charge in [0, 0.05) is 18.5 Å². The van der Waals surface area contributed by atoms with E-state index in [0.29, 0.717) is 12.6 Å². The Balaban J connectivity index is 2.05. The second kappa shape index (κ2) is 6.01. The van der Waals surface area contributed by atoms with Gasteiger partial charge in [-0.1, -0.05) is 24.3 Å². The van der Waals surface area contributed by atoms with E-state index < -0.39 is 0 Å². The first-order valence-corrected chi connectivity index (χ1v) is 6.93. The molecule has 2 rings (SSSR count). The number of quaternary nitrogens is 1. The van der Waals surface area contributed by atoms with Crippen molar-refractivity contribution in [3.63, 3.8) is 0 Å². The first kappa shape index (κ1) is 13.1. The molecule has 0 aromatic heterocycles. The van der Waals surface area contributed by atoms with E-state index >= 15 is 0 Å². The Kier molecular flexibility index (Phi) is 4.37. The first-order chi connectivity index (χ1) is 8.72. The van der Waals surface area contributed by atoms with Gasteiger partial charge >= 0.3 is 0 Å². The molecule has 3 heteroatoms. The highest BCUT2D eigenvalue weighted by Gasteiger charge is 2.26. The molecule has 0 heterocycles. The van der Waals surface area contributed by atoms with E-state index in [1.165, 1.54) is 30.4 Å². The van der Waals surface area contributed by atoms with E-state index in [-0.39, 0.29) is 11.9 Å². The predicted octanol–water partition coefficient (Wildman–Crippen LogP) is 1.15. The summed E-state index contributed by atoms with van der Waals surface area (Å²) in [5.74, 6) is 0.139. The van der Waals surface area contributed by atoms with Gasteiger partial charge in [0.2, 0.25) is 0 Å². The van der Waals surface area contributed by atoms with Crippen molar-refractivity contribution in [1.82, 2.24) is 5.32 Å². The summed E-state index contributed by atoms with van der Waals surface area (Å²) in [6.07, 6.45) is 3.57. The van der Waals surface area contributed by atoms with Crippen molar-refractivity contribution in [2.24, 2.45) is 0 Å². The van der Waals surface area contributed by atoms with Gasteiger partial charge in [0.25, 0.3) is 5.91 Å². The normalized spacial score (nSPS) is 20.0. The third-order valence-corrected chi connectivity index (χ3v) is 3.70. The maximum atomic E-state index is 11.8. The van der Waals surface area contributed by atoms with Crippen LogP contribution in [-0.4, -0.2) is 18.5 Å². The molecule has 0 bridgehead atoms. The number of amides is 1. The number of rotatable bonds is 4. The molecule has 0 spiro atoms.